The zero-order valence-electron chi connectivity index (χ0n) is 17.1. The van der Waals surface area contributed by atoms with E-state index in [9.17, 15) is 18.0 Å². The zero-order chi connectivity index (χ0) is 22.6. The summed E-state index contributed by atoms with van der Waals surface area (Å²) in [6.07, 6.45) is -2.52. The first-order chi connectivity index (χ1) is 14.6. The molecule has 31 heavy (non-hydrogen) atoms. The van der Waals surface area contributed by atoms with Gasteiger partial charge in [-0.15, -0.1) is 21.5 Å². The molecule has 0 atom stereocenters. The van der Waals surface area contributed by atoms with Crippen LogP contribution in [0.15, 0.2) is 12.1 Å². The third-order valence-corrected chi connectivity index (χ3v) is 6.10. The van der Waals surface area contributed by atoms with Crippen molar-refractivity contribution in [1.29, 1.82) is 0 Å². The van der Waals surface area contributed by atoms with E-state index >= 15 is 0 Å². The Hall–Kier alpha value is -2.47. The Morgan fingerprint density at radius 2 is 1.87 bits per heavy atom. The van der Waals surface area contributed by atoms with Gasteiger partial charge < -0.3 is 14.6 Å². The number of hydrogen-bond acceptors (Lipinski definition) is 6. The van der Waals surface area contributed by atoms with Crippen LogP contribution in [0.1, 0.15) is 34.2 Å². The first-order valence-corrected chi connectivity index (χ1v) is 10.7. The number of hydrogen-bond donors (Lipinski definition) is 1. The van der Waals surface area contributed by atoms with E-state index in [0.717, 1.165) is 57.2 Å². The van der Waals surface area contributed by atoms with Gasteiger partial charge in [-0.1, -0.05) is 0 Å². The van der Waals surface area contributed by atoms with Gasteiger partial charge in [0.1, 0.15) is 5.82 Å². The van der Waals surface area contributed by atoms with Gasteiger partial charge in [-0.05, 0) is 25.5 Å². The molecule has 4 heterocycles. The molecule has 12 heteroatoms. The zero-order valence-corrected chi connectivity index (χ0v) is 17.9. The van der Waals surface area contributed by atoms with Crippen molar-refractivity contribution in [3.8, 4) is 0 Å². The molecule has 2 aromatic rings. The van der Waals surface area contributed by atoms with Crippen molar-refractivity contribution in [2.75, 3.05) is 19.6 Å². The molecule has 0 spiro atoms. The molecular formula is C19H24F3N5O3S. The van der Waals surface area contributed by atoms with Gasteiger partial charge in [-0.25, -0.2) is 4.79 Å². The lowest BCUT2D eigenvalue weighted by Gasteiger charge is -2.19. The first-order valence-electron chi connectivity index (χ1n) is 9.90. The summed E-state index contributed by atoms with van der Waals surface area (Å²) in [5.74, 6) is -0.515. The minimum Gasteiger partial charge on any atom is -0.475 e. The van der Waals surface area contributed by atoms with Gasteiger partial charge in [0.15, 0.2) is 5.82 Å². The number of fused-ring (bicyclic) bond motifs is 1. The van der Waals surface area contributed by atoms with Gasteiger partial charge in [0.2, 0.25) is 5.91 Å². The maximum absolute atomic E-state index is 11.9. The van der Waals surface area contributed by atoms with E-state index in [1.165, 1.54) is 9.75 Å². The summed E-state index contributed by atoms with van der Waals surface area (Å²) in [4.78, 5) is 27.9. The Morgan fingerprint density at radius 1 is 1.13 bits per heavy atom. The average molecular weight is 459 g/mol. The molecule has 1 fully saturated rings. The predicted octanol–water partition coefficient (Wildman–Crippen LogP) is 2.46. The highest BCUT2D eigenvalue weighted by Gasteiger charge is 2.38. The SMILES string of the molecule is Cc1ccc(CN2CCc3nnc(CN4CCCC4=O)n3CC2)s1.O=C(O)C(F)(F)F. The van der Waals surface area contributed by atoms with E-state index in [1.54, 1.807) is 0 Å². The van der Waals surface area contributed by atoms with E-state index in [1.807, 2.05) is 16.2 Å². The average Bonchev–Trinajstić information content (AvgIpc) is 3.36. The van der Waals surface area contributed by atoms with Gasteiger partial charge in [0, 0.05) is 55.3 Å². The molecule has 2 aliphatic heterocycles. The Bertz CT molecular complexity index is 927. The van der Waals surface area contributed by atoms with Crippen molar-refractivity contribution >= 4 is 23.2 Å². The predicted molar refractivity (Wildman–Crippen MR) is 106 cm³/mol. The molecular weight excluding hydrogens is 435 g/mol. The lowest BCUT2D eigenvalue weighted by atomic mass is 10.3. The Kier molecular flexibility index (Phi) is 7.31. The fraction of sp³-hybridized carbons (Fsp3) is 0.579. The second-order valence-corrected chi connectivity index (χ2v) is 8.82. The fourth-order valence-electron chi connectivity index (χ4n) is 3.53. The number of likely N-dealkylation sites (tertiary alicyclic amines) is 1. The van der Waals surface area contributed by atoms with Crippen molar-refractivity contribution < 1.29 is 27.9 Å². The summed E-state index contributed by atoms with van der Waals surface area (Å²) in [6.45, 7) is 7.55. The van der Waals surface area contributed by atoms with E-state index in [4.69, 9.17) is 9.90 Å². The molecule has 0 saturated carbocycles. The number of carboxylic acid groups (broad SMARTS) is 1. The number of nitrogens with zero attached hydrogens (tertiary/aromatic N) is 5. The summed E-state index contributed by atoms with van der Waals surface area (Å²) >= 11 is 1.88. The van der Waals surface area contributed by atoms with Crippen LogP contribution in [0.4, 0.5) is 13.2 Å². The maximum Gasteiger partial charge on any atom is 0.490 e. The van der Waals surface area contributed by atoms with Gasteiger partial charge in [0.05, 0.1) is 6.54 Å². The summed E-state index contributed by atoms with van der Waals surface area (Å²) in [7, 11) is 0. The molecule has 1 saturated heterocycles. The highest BCUT2D eigenvalue weighted by molar-refractivity contribution is 7.11. The maximum atomic E-state index is 11.9. The quantitative estimate of drug-likeness (QED) is 0.755. The second-order valence-electron chi connectivity index (χ2n) is 7.44. The van der Waals surface area contributed by atoms with Crippen molar-refractivity contribution in [2.24, 2.45) is 0 Å². The van der Waals surface area contributed by atoms with Gasteiger partial charge in [0.25, 0.3) is 0 Å². The van der Waals surface area contributed by atoms with Crippen LogP contribution >= 0.6 is 11.3 Å². The third kappa shape index (κ3) is 6.26. The van der Waals surface area contributed by atoms with Gasteiger partial charge in [-0.2, -0.15) is 13.2 Å². The van der Waals surface area contributed by atoms with Crippen LogP contribution in [0.5, 0.6) is 0 Å². The molecule has 0 aromatic carbocycles. The fourth-order valence-corrected chi connectivity index (χ4v) is 4.47. The topological polar surface area (TPSA) is 91.6 Å². The number of aryl methyl sites for hydroxylation is 1. The van der Waals surface area contributed by atoms with E-state index in [2.05, 4.69) is 38.7 Å². The van der Waals surface area contributed by atoms with Gasteiger partial charge >= 0.3 is 12.1 Å². The largest absolute Gasteiger partial charge is 0.490 e. The first kappa shape index (κ1) is 23.2. The molecule has 2 aliphatic rings. The normalized spacial score (nSPS) is 17.2. The van der Waals surface area contributed by atoms with Crippen LogP contribution in [0.2, 0.25) is 0 Å². The molecule has 4 rings (SSSR count). The highest BCUT2D eigenvalue weighted by atomic mass is 32.1. The smallest absolute Gasteiger partial charge is 0.475 e. The van der Waals surface area contributed by atoms with Crippen molar-refractivity contribution in [1.82, 2.24) is 24.6 Å². The van der Waals surface area contributed by atoms with E-state index < -0.39 is 12.1 Å². The van der Waals surface area contributed by atoms with Crippen LogP contribution in [0, 0.1) is 6.92 Å². The molecule has 0 bridgehead atoms. The molecule has 1 N–H and O–H groups in total. The van der Waals surface area contributed by atoms with E-state index in [0.29, 0.717) is 13.0 Å². The monoisotopic (exact) mass is 459 g/mol. The molecule has 170 valence electrons. The lowest BCUT2D eigenvalue weighted by molar-refractivity contribution is -0.192. The summed E-state index contributed by atoms with van der Waals surface area (Å²) < 4.78 is 34.0. The number of aromatic nitrogens is 3. The van der Waals surface area contributed by atoms with Crippen molar-refractivity contribution in [3.63, 3.8) is 0 Å². The molecule has 1 amide bonds. The number of thiophene rings is 1. The lowest BCUT2D eigenvalue weighted by Crippen LogP contribution is -2.28. The van der Waals surface area contributed by atoms with Crippen LogP contribution in [0.25, 0.3) is 0 Å². The summed E-state index contributed by atoms with van der Waals surface area (Å²) in [5.41, 5.74) is 0. The van der Waals surface area contributed by atoms with Gasteiger partial charge in [-0.3, -0.25) is 9.69 Å². The summed E-state index contributed by atoms with van der Waals surface area (Å²) in [5, 5.41) is 15.9. The minimum absolute atomic E-state index is 0.246. The number of aliphatic carboxylic acids is 1. The number of halogens is 3. The molecule has 0 radical (unpaired) electrons. The molecule has 0 unspecified atom stereocenters. The van der Waals surface area contributed by atoms with Crippen molar-refractivity contribution in [2.45, 2.75) is 52.0 Å². The number of carbonyl (C=O) groups is 2. The number of carboxylic acids is 1. The molecule has 0 aliphatic carbocycles. The minimum atomic E-state index is -5.08. The van der Waals surface area contributed by atoms with Crippen LogP contribution in [-0.4, -0.2) is 67.4 Å². The van der Waals surface area contributed by atoms with Crippen molar-refractivity contribution in [3.05, 3.63) is 33.5 Å². The van der Waals surface area contributed by atoms with E-state index in [-0.39, 0.29) is 5.91 Å². The van der Waals surface area contributed by atoms with Crippen LogP contribution in [-0.2, 0) is 35.6 Å². The second kappa shape index (κ2) is 9.77. The highest BCUT2D eigenvalue weighted by Crippen LogP contribution is 2.20. The van der Waals surface area contributed by atoms with Crippen LogP contribution in [0.3, 0.4) is 0 Å². The molecule has 8 nitrogen and oxygen atoms in total. The number of carbonyl (C=O) groups excluding carboxylic acids is 1. The third-order valence-electron chi connectivity index (χ3n) is 5.12. The van der Waals surface area contributed by atoms with Crippen LogP contribution < -0.4 is 0 Å². The summed E-state index contributed by atoms with van der Waals surface area (Å²) in [6, 6.07) is 4.42. The number of rotatable bonds is 4. The molecule has 2 aromatic heterocycles. The standard InChI is InChI=1S/C17H23N5OS.C2HF3O2/c1-13-4-5-14(24-13)11-20-8-6-15-18-19-16(22(15)10-9-20)12-21-7-2-3-17(21)23;3-2(4,5)1(6)7/h4-5H,2-3,6-12H2,1H3;(H,6,7). The Labute approximate surface area is 181 Å². The Morgan fingerprint density at radius 3 is 2.45 bits per heavy atom. The number of amides is 1. The number of alkyl halides is 3. The Balaban J connectivity index is 0.000000339.